The summed E-state index contributed by atoms with van der Waals surface area (Å²) in [6, 6.07) is 4.38. The Morgan fingerprint density at radius 3 is 2.67 bits per heavy atom. The number of aryl methyl sites for hydroxylation is 1. The molecule has 1 aliphatic heterocycles. The molecule has 1 saturated heterocycles. The van der Waals surface area contributed by atoms with Crippen molar-refractivity contribution in [1.29, 1.82) is 0 Å². The number of hydrogen-bond acceptors (Lipinski definition) is 6. The van der Waals surface area contributed by atoms with Gasteiger partial charge in [-0.15, -0.1) is 11.3 Å². The Balaban J connectivity index is 1.21. The molecule has 0 spiro atoms. The van der Waals surface area contributed by atoms with Crippen LogP contribution in [0.5, 0.6) is 0 Å². The van der Waals surface area contributed by atoms with E-state index in [-0.39, 0.29) is 24.1 Å². The smallest absolute Gasteiger partial charge is 0.384 e. The predicted octanol–water partition coefficient (Wildman–Crippen LogP) is 3.48. The molecule has 1 atom stereocenters. The molecule has 2 heterocycles. The van der Waals surface area contributed by atoms with Crippen molar-refractivity contribution in [3.8, 4) is 0 Å². The van der Waals surface area contributed by atoms with Gasteiger partial charge in [0.25, 0.3) is 5.91 Å². The van der Waals surface area contributed by atoms with Gasteiger partial charge in [0.2, 0.25) is 5.91 Å². The lowest BCUT2D eigenvalue weighted by atomic mass is 9.81. The highest BCUT2D eigenvalue weighted by Gasteiger charge is 2.39. The van der Waals surface area contributed by atoms with Gasteiger partial charge in [-0.1, -0.05) is 13.0 Å². The normalized spacial score (nSPS) is 25.0. The molecular formula is C25H31F3N4O3S. The molecule has 3 N–H and O–H groups in total. The van der Waals surface area contributed by atoms with Gasteiger partial charge in [0.15, 0.2) is 0 Å². The molecule has 4 rings (SSSR count). The minimum absolute atomic E-state index is 0.0580. The number of likely N-dealkylation sites (tertiary alicyclic amines) is 1. The van der Waals surface area contributed by atoms with Crippen molar-refractivity contribution >= 4 is 23.2 Å². The van der Waals surface area contributed by atoms with E-state index in [1.54, 1.807) is 17.5 Å². The van der Waals surface area contributed by atoms with Gasteiger partial charge >= 0.3 is 6.18 Å². The van der Waals surface area contributed by atoms with Gasteiger partial charge in [-0.25, -0.2) is 4.98 Å². The van der Waals surface area contributed by atoms with Crippen LogP contribution in [0.3, 0.4) is 0 Å². The molecule has 11 heteroatoms. The van der Waals surface area contributed by atoms with Crippen LogP contribution >= 0.6 is 11.3 Å². The lowest BCUT2D eigenvalue weighted by molar-refractivity contribution is -0.137. The zero-order valence-corrected chi connectivity index (χ0v) is 20.9. The van der Waals surface area contributed by atoms with Crippen molar-refractivity contribution in [1.82, 2.24) is 20.5 Å². The van der Waals surface area contributed by atoms with Crippen LogP contribution in [0.4, 0.5) is 13.2 Å². The van der Waals surface area contributed by atoms with Crippen LogP contribution < -0.4 is 10.6 Å². The van der Waals surface area contributed by atoms with Crippen molar-refractivity contribution in [2.75, 3.05) is 19.6 Å². The maximum atomic E-state index is 12.9. The van der Waals surface area contributed by atoms with E-state index in [1.165, 1.54) is 6.07 Å². The van der Waals surface area contributed by atoms with Crippen LogP contribution in [0.1, 0.15) is 64.8 Å². The van der Waals surface area contributed by atoms with Crippen molar-refractivity contribution < 1.29 is 27.9 Å². The molecule has 0 unspecified atom stereocenters. The quantitative estimate of drug-likeness (QED) is 0.516. The molecule has 196 valence electrons. The van der Waals surface area contributed by atoms with E-state index in [9.17, 15) is 27.9 Å². The summed E-state index contributed by atoms with van der Waals surface area (Å²) in [5.41, 5.74) is -1.87. The topological polar surface area (TPSA) is 94.6 Å². The van der Waals surface area contributed by atoms with Crippen LogP contribution in [0, 0.1) is 0 Å². The van der Waals surface area contributed by atoms with Crippen LogP contribution in [-0.4, -0.2) is 58.5 Å². The molecule has 0 radical (unpaired) electrons. The van der Waals surface area contributed by atoms with Crippen LogP contribution in [-0.2, 0) is 23.0 Å². The third kappa shape index (κ3) is 6.24. The van der Waals surface area contributed by atoms with Crippen molar-refractivity contribution in [3.05, 3.63) is 51.5 Å². The number of carbonyl (C=O) groups is 2. The van der Waals surface area contributed by atoms with E-state index < -0.39 is 23.2 Å². The summed E-state index contributed by atoms with van der Waals surface area (Å²) in [6.07, 6.45) is 1.99. The number of nitrogens with one attached hydrogen (secondary N) is 2. The highest BCUT2D eigenvalue weighted by atomic mass is 32.1. The van der Waals surface area contributed by atoms with Gasteiger partial charge < -0.3 is 15.7 Å². The molecule has 2 fully saturated rings. The third-order valence-electron chi connectivity index (χ3n) is 7.06. The summed E-state index contributed by atoms with van der Waals surface area (Å²) in [5.74, 6) is -1.11. The fourth-order valence-electron chi connectivity index (χ4n) is 5.00. The number of halogens is 3. The Morgan fingerprint density at radius 1 is 1.25 bits per heavy atom. The number of benzene rings is 1. The number of alkyl halides is 3. The molecular weight excluding hydrogens is 493 g/mol. The Kier molecular flexibility index (Phi) is 8.01. The lowest BCUT2D eigenvalue weighted by Crippen LogP contribution is -2.45. The zero-order chi connectivity index (χ0) is 25.9. The van der Waals surface area contributed by atoms with Gasteiger partial charge in [0, 0.05) is 36.9 Å². The van der Waals surface area contributed by atoms with Gasteiger partial charge in [0.1, 0.15) is 5.60 Å². The van der Waals surface area contributed by atoms with Crippen LogP contribution in [0.2, 0.25) is 0 Å². The molecule has 1 aromatic carbocycles. The van der Waals surface area contributed by atoms with Crippen LogP contribution in [0.25, 0.3) is 0 Å². The number of aliphatic hydroxyl groups is 1. The average molecular weight is 525 g/mol. The number of amides is 2. The highest BCUT2D eigenvalue weighted by molar-refractivity contribution is 7.11. The van der Waals surface area contributed by atoms with Crippen molar-refractivity contribution in [2.24, 2.45) is 0 Å². The molecule has 36 heavy (non-hydrogen) atoms. The maximum Gasteiger partial charge on any atom is 0.416 e. The average Bonchev–Trinajstić information content (AvgIpc) is 3.53. The summed E-state index contributed by atoms with van der Waals surface area (Å²) < 4.78 is 38.6. The molecule has 1 aliphatic carbocycles. The van der Waals surface area contributed by atoms with E-state index >= 15 is 0 Å². The summed E-state index contributed by atoms with van der Waals surface area (Å²) in [5, 5.41) is 17.5. The monoisotopic (exact) mass is 524 g/mol. The third-order valence-corrected chi connectivity index (χ3v) is 8.39. The standard InChI is InChI=1S/C25H31F3N4O3S/c1-2-22-29-13-20(36-22)24(35)9-6-19(7-10-24)32-11-8-18(15-32)31-21(33)14-30-23(34)16-4-3-5-17(12-16)25(26,27)28/h3-5,12-13,18-19,35H,2,6-11,14-15H2,1H3,(H,30,34)(H,31,33)/t18-,19?,24?/m1/s1. The maximum absolute atomic E-state index is 12.9. The van der Waals surface area contributed by atoms with Crippen molar-refractivity contribution in [3.63, 3.8) is 0 Å². The minimum atomic E-state index is -4.54. The molecule has 1 saturated carbocycles. The molecule has 2 amide bonds. The minimum Gasteiger partial charge on any atom is -0.384 e. The Bertz CT molecular complexity index is 1080. The Labute approximate surface area is 212 Å². The van der Waals surface area contributed by atoms with E-state index in [0.717, 1.165) is 60.3 Å². The summed E-state index contributed by atoms with van der Waals surface area (Å²) in [7, 11) is 0. The SMILES string of the molecule is CCc1ncc(C2(O)CCC(N3CC[C@@H](NC(=O)CNC(=O)c4cccc(C(F)(F)F)c4)C3)CC2)s1. The number of carbonyl (C=O) groups excluding carboxylic acids is 2. The van der Waals surface area contributed by atoms with E-state index in [2.05, 4.69) is 27.4 Å². The predicted molar refractivity (Wildman–Crippen MR) is 130 cm³/mol. The van der Waals surface area contributed by atoms with Gasteiger partial charge in [-0.05, 0) is 56.7 Å². The largest absolute Gasteiger partial charge is 0.416 e. The number of aromatic nitrogens is 1. The van der Waals surface area contributed by atoms with Crippen molar-refractivity contribution in [2.45, 2.75) is 69.3 Å². The number of nitrogens with zero attached hydrogens (tertiary/aromatic N) is 2. The summed E-state index contributed by atoms with van der Waals surface area (Å²) in [4.78, 5) is 32.2. The Hall–Kier alpha value is -2.50. The molecule has 1 aromatic heterocycles. The summed E-state index contributed by atoms with van der Waals surface area (Å²) in [6.45, 7) is 3.27. The van der Waals surface area contributed by atoms with Gasteiger partial charge in [0.05, 0.1) is 22.0 Å². The Morgan fingerprint density at radius 2 is 2.00 bits per heavy atom. The summed E-state index contributed by atoms with van der Waals surface area (Å²) >= 11 is 1.58. The van der Waals surface area contributed by atoms with E-state index in [0.29, 0.717) is 25.4 Å². The second kappa shape index (κ2) is 10.9. The first kappa shape index (κ1) is 26.6. The van der Waals surface area contributed by atoms with Gasteiger partial charge in [-0.2, -0.15) is 13.2 Å². The molecule has 2 aromatic rings. The second-order valence-corrected chi connectivity index (χ2v) is 10.7. The first-order valence-corrected chi connectivity index (χ1v) is 13.1. The first-order chi connectivity index (χ1) is 17.1. The number of rotatable bonds is 7. The molecule has 7 nitrogen and oxygen atoms in total. The fourth-order valence-corrected chi connectivity index (χ4v) is 6.00. The fraction of sp³-hybridized carbons (Fsp3) is 0.560. The van der Waals surface area contributed by atoms with E-state index in [4.69, 9.17) is 0 Å². The first-order valence-electron chi connectivity index (χ1n) is 12.2. The second-order valence-electron chi connectivity index (χ2n) is 9.54. The lowest BCUT2D eigenvalue weighted by Gasteiger charge is -2.39. The number of thiazole rings is 1. The highest BCUT2D eigenvalue weighted by Crippen LogP contribution is 2.41. The zero-order valence-electron chi connectivity index (χ0n) is 20.1. The van der Waals surface area contributed by atoms with E-state index in [1.807, 2.05) is 0 Å². The molecule has 0 bridgehead atoms. The molecule has 2 aliphatic rings. The number of hydrogen-bond donors (Lipinski definition) is 3. The van der Waals surface area contributed by atoms with Crippen LogP contribution in [0.15, 0.2) is 30.5 Å². The van der Waals surface area contributed by atoms with Gasteiger partial charge in [-0.3, -0.25) is 14.5 Å².